The second kappa shape index (κ2) is 6.26. The number of hydrogen-bond donors (Lipinski definition) is 1. The fourth-order valence-corrected chi connectivity index (χ4v) is 2.44. The van der Waals surface area contributed by atoms with Gasteiger partial charge in [0.1, 0.15) is 5.75 Å². The monoisotopic (exact) mass is 283 g/mol. The van der Waals surface area contributed by atoms with Crippen LogP contribution in [0.3, 0.4) is 0 Å². The molecule has 1 aromatic rings. The van der Waals surface area contributed by atoms with Crippen molar-refractivity contribution >= 4 is 17.5 Å². The molecule has 1 saturated heterocycles. The van der Waals surface area contributed by atoms with Gasteiger partial charge in [0.15, 0.2) is 6.10 Å². The Bertz CT molecular complexity index is 435. The van der Waals surface area contributed by atoms with Crippen LogP contribution in [0.5, 0.6) is 5.75 Å². The number of rotatable bonds is 4. The summed E-state index contributed by atoms with van der Waals surface area (Å²) in [6.45, 7) is 2.43. The molecule has 0 bridgehead atoms. The zero-order valence-corrected chi connectivity index (χ0v) is 11.6. The quantitative estimate of drug-likeness (QED) is 0.920. The van der Waals surface area contributed by atoms with Crippen LogP contribution in [-0.2, 0) is 4.79 Å². The molecule has 1 amide bonds. The fraction of sp³-hybridized carbons (Fsp3) is 0.500. The Kier molecular flexibility index (Phi) is 4.66. The van der Waals surface area contributed by atoms with Crippen LogP contribution in [0.4, 0.5) is 0 Å². The summed E-state index contributed by atoms with van der Waals surface area (Å²) in [5.74, 6) is 0.538. The van der Waals surface area contributed by atoms with Gasteiger partial charge < -0.3 is 14.7 Å². The highest BCUT2D eigenvalue weighted by molar-refractivity contribution is 6.30. The van der Waals surface area contributed by atoms with Crippen molar-refractivity contribution in [2.45, 2.75) is 31.9 Å². The van der Waals surface area contributed by atoms with Crippen LogP contribution in [0.15, 0.2) is 24.3 Å². The number of carbonyl (C=O) groups is 1. The van der Waals surface area contributed by atoms with Crippen molar-refractivity contribution in [1.82, 2.24) is 4.90 Å². The molecule has 104 valence electrons. The normalized spacial score (nSPS) is 20.4. The third kappa shape index (κ3) is 3.39. The number of hydrogen-bond acceptors (Lipinski definition) is 3. The lowest BCUT2D eigenvalue weighted by atomic mass is 10.2. The van der Waals surface area contributed by atoms with Crippen molar-refractivity contribution in [2.24, 2.45) is 0 Å². The molecular formula is C14H18ClNO3. The average Bonchev–Trinajstić information content (AvgIpc) is 2.88. The second-order valence-corrected chi connectivity index (χ2v) is 5.16. The van der Waals surface area contributed by atoms with Gasteiger partial charge in [-0.25, -0.2) is 0 Å². The maximum atomic E-state index is 12.2. The topological polar surface area (TPSA) is 49.8 Å². The molecule has 0 aromatic heterocycles. The molecule has 5 heteroatoms. The van der Waals surface area contributed by atoms with Gasteiger partial charge in [-0.05, 0) is 44.0 Å². The number of halogens is 1. The first-order chi connectivity index (χ1) is 9.11. The molecule has 0 spiro atoms. The summed E-state index contributed by atoms with van der Waals surface area (Å²) in [7, 11) is 0. The van der Waals surface area contributed by atoms with Crippen molar-refractivity contribution in [2.75, 3.05) is 13.2 Å². The van der Waals surface area contributed by atoms with E-state index < -0.39 is 6.10 Å². The van der Waals surface area contributed by atoms with Gasteiger partial charge in [0, 0.05) is 11.6 Å². The summed E-state index contributed by atoms with van der Waals surface area (Å²) in [5.41, 5.74) is 0. The first-order valence-corrected chi connectivity index (χ1v) is 6.83. The van der Waals surface area contributed by atoms with Gasteiger partial charge in [0.2, 0.25) is 0 Å². The van der Waals surface area contributed by atoms with E-state index in [0.717, 1.165) is 12.8 Å². The molecule has 2 atom stereocenters. The van der Waals surface area contributed by atoms with Crippen LogP contribution in [-0.4, -0.2) is 41.2 Å². The Hall–Kier alpha value is -1.26. The van der Waals surface area contributed by atoms with Crippen molar-refractivity contribution in [3.8, 4) is 5.75 Å². The minimum Gasteiger partial charge on any atom is -0.481 e. The number of carbonyl (C=O) groups excluding carboxylic acids is 1. The van der Waals surface area contributed by atoms with Gasteiger partial charge in [-0.15, -0.1) is 0 Å². The van der Waals surface area contributed by atoms with Crippen LogP contribution in [0, 0.1) is 0 Å². The Balaban J connectivity index is 1.97. The lowest BCUT2D eigenvalue weighted by Crippen LogP contribution is -2.44. The molecule has 19 heavy (non-hydrogen) atoms. The Morgan fingerprint density at radius 2 is 2.21 bits per heavy atom. The number of likely N-dealkylation sites (tertiary alicyclic amines) is 1. The van der Waals surface area contributed by atoms with Gasteiger partial charge in [-0.2, -0.15) is 0 Å². The second-order valence-electron chi connectivity index (χ2n) is 4.72. The molecule has 1 aliphatic heterocycles. The Morgan fingerprint density at radius 1 is 1.53 bits per heavy atom. The maximum Gasteiger partial charge on any atom is 0.263 e. The van der Waals surface area contributed by atoms with E-state index in [1.165, 1.54) is 0 Å². The molecule has 1 aliphatic rings. The fourth-order valence-electron chi connectivity index (χ4n) is 2.32. The lowest BCUT2D eigenvalue weighted by Gasteiger charge is -2.26. The molecule has 1 unspecified atom stereocenters. The van der Waals surface area contributed by atoms with Gasteiger partial charge in [0.25, 0.3) is 5.91 Å². The van der Waals surface area contributed by atoms with E-state index in [1.807, 2.05) is 0 Å². The van der Waals surface area contributed by atoms with Crippen molar-refractivity contribution < 1.29 is 14.6 Å². The molecule has 1 N–H and O–H groups in total. The van der Waals surface area contributed by atoms with Crippen LogP contribution in [0.1, 0.15) is 19.8 Å². The minimum atomic E-state index is -0.562. The molecule has 0 saturated carbocycles. The number of ether oxygens (including phenoxy) is 1. The zero-order valence-electron chi connectivity index (χ0n) is 10.9. The van der Waals surface area contributed by atoms with Gasteiger partial charge in [-0.1, -0.05) is 11.6 Å². The van der Waals surface area contributed by atoms with Crippen molar-refractivity contribution in [1.29, 1.82) is 0 Å². The van der Waals surface area contributed by atoms with Crippen molar-refractivity contribution in [3.63, 3.8) is 0 Å². The number of aliphatic hydroxyl groups is 1. The smallest absolute Gasteiger partial charge is 0.263 e. The Labute approximate surface area is 117 Å². The SMILES string of the molecule is CC(Oc1ccc(Cl)cc1)C(=O)N1CCC[C@H]1CO. The van der Waals surface area contributed by atoms with E-state index in [2.05, 4.69) is 0 Å². The summed E-state index contributed by atoms with van der Waals surface area (Å²) in [5, 5.41) is 9.87. The predicted octanol–water partition coefficient (Wildman–Crippen LogP) is 2.09. The number of nitrogens with zero attached hydrogens (tertiary/aromatic N) is 1. The van der Waals surface area contributed by atoms with E-state index >= 15 is 0 Å². The van der Waals surface area contributed by atoms with Crippen LogP contribution in [0.2, 0.25) is 5.02 Å². The summed E-state index contributed by atoms with van der Waals surface area (Å²) in [4.78, 5) is 14.0. The summed E-state index contributed by atoms with van der Waals surface area (Å²) < 4.78 is 5.60. The van der Waals surface area contributed by atoms with E-state index in [1.54, 1.807) is 36.1 Å². The Morgan fingerprint density at radius 3 is 2.84 bits per heavy atom. The molecule has 4 nitrogen and oxygen atoms in total. The van der Waals surface area contributed by atoms with Crippen LogP contribution in [0.25, 0.3) is 0 Å². The number of amides is 1. The summed E-state index contributed by atoms with van der Waals surface area (Å²) in [6, 6.07) is 6.85. The highest BCUT2D eigenvalue weighted by Crippen LogP contribution is 2.21. The molecule has 0 aliphatic carbocycles. The average molecular weight is 284 g/mol. The number of aliphatic hydroxyl groups excluding tert-OH is 1. The van der Waals surface area contributed by atoms with E-state index in [0.29, 0.717) is 17.3 Å². The predicted molar refractivity (Wildman–Crippen MR) is 73.4 cm³/mol. The van der Waals surface area contributed by atoms with E-state index in [-0.39, 0.29) is 18.6 Å². The largest absolute Gasteiger partial charge is 0.481 e. The first-order valence-electron chi connectivity index (χ1n) is 6.45. The van der Waals surface area contributed by atoms with Crippen LogP contribution >= 0.6 is 11.6 Å². The summed E-state index contributed by atoms with van der Waals surface area (Å²) >= 11 is 5.79. The molecule has 1 fully saturated rings. The molecule has 1 aromatic carbocycles. The lowest BCUT2D eigenvalue weighted by molar-refractivity contribution is -0.139. The van der Waals surface area contributed by atoms with Gasteiger partial charge in [0.05, 0.1) is 12.6 Å². The maximum absolute atomic E-state index is 12.2. The van der Waals surface area contributed by atoms with E-state index in [9.17, 15) is 9.90 Å². The highest BCUT2D eigenvalue weighted by atomic mass is 35.5. The molecule has 0 radical (unpaired) electrons. The van der Waals surface area contributed by atoms with Gasteiger partial charge in [-0.3, -0.25) is 4.79 Å². The molecule has 1 heterocycles. The van der Waals surface area contributed by atoms with Gasteiger partial charge >= 0.3 is 0 Å². The standard InChI is InChI=1S/C14H18ClNO3/c1-10(19-13-6-4-11(15)5-7-13)14(18)16-8-2-3-12(16)9-17/h4-7,10,12,17H,2-3,8-9H2,1H3/t10?,12-/m0/s1. The minimum absolute atomic E-state index is 0.0133. The van der Waals surface area contributed by atoms with Crippen molar-refractivity contribution in [3.05, 3.63) is 29.3 Å². The molecule has 2 rings (SSSR count). The van der Waals surface area contributed by atoms with Crippen LogP contribution < -0.4 is 4.74 Å². The third-order valence-corrected chi connectivity index (χ3v) is 3.60. The molecular weight excluding hydrogens is 266 g/mol. The third-order valence-electron chi connectivity index (χ3n) is 3.35. The first kappa shape index (κ1) is 14.2. The summed E-state index contributed by atoms with van der Waals surface area (Å²) in [6.07, 6.45) is 1.23. The number of benzene rings is 1. The highest BCUT2D eigenvalue weighted by Gasteiger charge is 2.31. The van der Waals surface area contributed by atoms with E-state index in [4.69, 9.17) is 16.3 Å². The zero-order chi connectivity index (χ0) is 13.8.